The first-order chi connectivity index (χ1) is 9.06. The molecule has 0 aromatic heterocycles. The molecule has 2 rings (SSSR count). The van der Waals surface area contributed by atoms with Gasteiger partial charge in [-0.15, -0.1) is 0 Å². The van der Waals surface area contributed by atoms with Crippen molar-refractivity contribution in [1.29, 1.82) is 0 Å². The van der Waals surface area contributed by atoms with Gasteiger partial charge in [-0.05, 0) is 71.6 Å². The molecule has 0 N–H and O–H groups in total. The molecule has 2 saturated carbocycles. The van der Waals surface area contributed by atoms with Crippen LogP contribution < -0.4 is 0 Å². The third kappa shape index (κ3) is 4.46. The Hall–Kier alpha value is -0.0800. The molecule has 2 aliphatic carbocycles. The van der Waals surface area contributed by atoms with E-state index in [4.69, 9.17) is 9.47 Å². The zero-order valence-corrected chi connectivity index (χ0v) is 13.2. The monoisotopic (exact) mass is 268 g/mol. The molecule has 0 aromatic carbocycles. The van der Waals surface area contributed by atoms with Gasteiger partial charge in [0.05, 0.1) is 24.4 Å². The van der Waals surface area contributed by atoms with Gasteiger partial charge in [-0.2, -0.15) is 0 Å². The van der Waals surface area contributed by atoms with Crippen LogP contribution in [0.15, 0.2) is 0 Å². The molecule has 0 radical (unpaired) electrons. The van der Waals surface area contributed by atoms with Crippen LogP contribution in [0.1, 0.15) is 72.6 Å². The Bertz CT molecular complexity index is 262. The number of ether oxygens (including phenoxy) is 2. The molecule has 0 aromatic rings. The lowest BCUT2D eigenvalue weighted by molar-refractivity contribution is -0.0608. The summed E-state index contributed by atoms with van der Waals surface area (Å²) in [6.45, 7) is 8.65. The van der Waals surface area contributed by atoms with Gasteiger partial charge < -0.3 is 9.47 Å². The number of rotatable bonds is 5. The van der Waals surface area contributed by atoms with Crippen LogP contribution in [0.25, 0.3) is 0 Å². The average Bonchev–Trinajstić information content (AvgIpc) is 2.75. The molecule has 0 amide bonds. The van der Waals surface area contributed by atoms with E-state index in [-0.39, 0.29) is 0 Å². The Labute approximate surface area is 119 Å². The van der Waals surface area contributed by atoms with Crippen molar-refractivity contribution in [3.05, 3.63) is 0 Å². The van der Waals surface area contributed by atoms with Gasteiger partial charge >= 0.3 is 0 Å². The quantitative estimate of drug-likeness (QED) is 0.727. The summed E-state index contributed by atoms with van der Waals surface area (Å²) in [6.07, 6.45) is 11.0. The molecule has 0 saturated heterocycles. The van der Waals surface area contributed by atoms with Crippen molar-refractivity contribution in [2.24, 2.45) is 11.8 Å². The third-order valence-corrected chi connectivity index (χ3v) is 4.69. The average molecular weight is 268 g/mol. The highest BCUT2D eigenvalue weighted by Gasteiger charge is 2.37. The van der Waals surface area contributed by atoms with E-state index in [9.17, 15) is 0 Å². The summed E-state index contributed by atoms with van der Waals surface area (Å²) in [6, 6.07) is 0. The van der Waals surface area contributed by atoms with Crippen molar-refractivity contribution < 1.29 is 9.47 Å². The molecule has 0 aliphatic heterocycles. The zero-order valence-electron chi connectivity index (χ0n) is 13.2. The maximum atomic E-state index is 6.15. The van der Waals surface area contributed by atoms with E-state index in [1.807, 2.05) is 0 Å². The third-order valence-electron chi connectivity index (χ3n) is 4.69. The Morgan fingerprint density at radius 2 is 1.47 bits per heavy atom. The van der Waals surface area contributed by atoms with E-state index >= 15 is 0 Å². The summed E-state index contributed by atoms with van der Waals surface area (Å²) in [5, 5.41) is 0. The fourth-order valence-electron chi connectivity index (χ4n) is 4.09. The van der Waals surface area contributed by atoms with Crippen molar-refractivity contribution in [2.45, 2.75) is 97.1 Å². The van der Waals surface area contributed by atoms with Crippen molar-refractivity contribution in [3.63, 3.8) is 0 Å². The fraction of sp³-hybridized carbons (Fsp3) is 1.00. The topological polar surface area (TPSA) is 18.5 Å². The highest BCUT2D eigenvalue weighted by molar-refractivity contribution is 4.87. The smallest absolute Gasteiger partial charge is 0.0609 e. The summed E-state index contributed by atoms with van der Waals surface area (Å²) in [5.74, 6) is 1.63. The maximum Gasteiger partial charge on any atom is 0.0609 e. The normalized spacial score (nSPS) is 36.3. The zero-order chi connectivity index (χ0) is 13.8. The first-order valence-corrected chi connectivity index (χ1v) is 8.37. The molecule has 2 nitrogen and oxygen atoms in total. The molecular weight excluding hydrogens is 236 g/mol. The van der Waals surface area contributed by atoms with Crippen molar-refractivity contribution in [1.82, 2.24) is 0 Å². The largest absolute Gasteiger partial charge is 0.376 e. The highest BCUT2D eigenvalue weighted by atomic mass is 16.5. The molecule has 2 heteroatoms. The molecule has 19 heavy (non-hydrogen) atoms. The van der Waals surface area contributed by atoms with E-state index in [1.165, 1.54) is 44.9 Å². The van der Waals surface area contributed by atoms with E-state index < -0.39 is 0 Å². The van der Waals surface area contributed by atoms with Gasteiger partial charge in [-0.3, -0.25) is 0 Å². The Morgan fingerprint density at radius 3 is 2.16 bits per heavy atom. The molecule has 2 aliphatic rings. The van der Waals surface area contributed by atoms with Gasteiger partial charge in [-0.25, -0.2) is 0 Å². The molecule has 0 heterocycles. The van der Waals surface area contributed by atoms with Gasteiger partial charge in [0.25, 0.3) is 0 Å². The SMILES string of the molecule is CC(C)OC1CCCC(C2CCCC2OC(C)C)C1. The van der Waals surface area contributed by atoms with Crippen molar-refractivity contribution >= 4 is 0 Å². The molecule has 4 atom stereocenters. The minimum atomic E-state index is 0.370. The van der Waals surface area contributed by atoms with Gasteiger partial charge in [0.1, 0.15) is 0 Å². The minimum Gasteiger partial charge on any atom is -0.376 e. The van der Waals surface area contributed by atoms with Gasteiger partial charge in [0, 0.05) is 0 Å². The van der Waals surface area contributed by atoms with Gasteiger partial charge in [0.15, 0.2) is 0 Å². The lowest BCUT2D eigenvalue weighted by Crippen LogP contribution is -2.34. The lowest BCUT2D eigenvalue weighted by Gasteiger charge is -2.36. The van der Waals surface area contributed by atoms with Crippen LogP contribution >= 0.6 is 0 Å². The van der Waals surface area contributed by atoms with Crippen molar-refractivity contribution in [3.8, 4) is 0 Å². The predicted octanol–water partition coefficient (Wildman–Crippen LogP) is 4.56. The van der Waals surface area contributed by atoms with Crippen LogP contribution in [0.5, 0.6) is 0 Å². The van der Waals surface area contributed by atoms with Gasteiger partial charge in [-0.1, -0.05) is 12.8 Å². The van der Waals surface area contributed by atoms with Crippen LogP contribution in [0.4, 0.5) is 0 Å². The molecule has 2 fully saturated rings. The molecular formula is C17H32O2. The highest BCUT2D eigenvalue weighted by Crippen LogP contribution is 2.42. The van der Waals surface area contributed by atoms with E-state index in [0.29, 0.717) is 24.4 Å². The summed E-state index contributed by atoms with van der Waals surface area (Å²) >= 11 is 0. The van der Waals surface area contributed by atoms with Crippen LogP contribution in [0.3, 0.4) is 0 Å². The first kappa shape index (κ1) is 15.3. The minimum absolute atomic E-state index is 0.370. The molecule has 0 bridgehead atoms. The van der Waals surface area contributed by atoms with Crippen LogP contribution in [-0.2, 0) is 9.47 Å². The number of hydrogen-bond donors (Lipinski definition) is 0. The second-order valence-corrected chi connectivity index (χ2v) is 7.05. The van der Waals surface area contributed by atoms with Crippen LogP contribution in [0.2, 0.25) is 0 Å². The maximum absolute atomic E-state index is 6.15. The van der Waals surface area contributed by atoms with E-state index in [2.05, 4.69) is 27.7 Å². The Balaban J connectivity index is 1.89. The predicted molar refractivity (Wildman–Crippen MR) is 79.3 cm³/mol. The second-order valence-electron chi connectivity index (χ2n) is 7.05. The standard InChI is InChI=1S/C17H32O2/c1-12(2)18-15-8-5-7-14(11-15)16-9-6-10-17(16)19-13(3)4/h12-17H,5-11H2,1-4H3. The Kier molecular flexibility index (Phi) is 5.70. The Morgan fingerprint density at radius 1 is 0.789 bits per heavy atom. The van der Waals surface area contributed by atoms with Gasteiger partial charge in [0.2, 0.25) is 0 Å². The summed E-state index contributed by atoms with van der Waals surface area (Å²) in [7, 11) is 0. The summed E-state index contributed by atoms with van der Waals surface area (Å²) < 4.78 is 12.2. The molecule has 112 valence electrons. The van der Waals surface area contributed by atoms with Crippen LogP contribution in [-0.4, -0.2) is 24.4 Å². The number of hydrogen-bond acceptors (Lipinski definition) is 2. The van der Waals surface area contributed by atoms with Crippen LogP contribution in [0, 0.1) is 11.8 Å². The second kappa shape index (κ2) is 7.08. The molecule has 0 spiro atoms. The van der Waals surface area contributed by atoms with E-state index in [0.717, 1.165) is 11.8 Å². The van der Waals surface area contributed by atoms with Crippen molar-refractivity contribution in [2.75, 3.05) is 0 Å². The first-order valence-electron chi connectivity index (χ1n) is 8.37. The molecule has 4 unspecified atom stereocenters. The fourth-order valence-corrected chi connectivity index (χ4v) is 4.09. The van der Waals surface area contributed by atoms with E-state index in [1.54, 1.807) is 0 Å². The summed E-state index contributed by atoms with van der Waals surface area (Å²) in [5.41, 5.74) is 0. The summed E-state index contributed by atoms with van der Waals surface area (Å²) in [4.78, 5) is 0. The lowest BCUT2D eigenvalue weighted by atomic mass is 9.77.